The Balaban J connectivity index is 1.30. The molecule has 1 N–H and O–H groups in total. The number of halogens is 2. The predicted octanol–water partition coefficient (Wildman–Crippen LogP) is 5.37. The molecule has 1 saturated heterocycles. The first-order valence-corrected chi connectivity index (χ1v) is 13.2. The largest absolute Gasteiger partial charge is 0.489 e. The Bertz CT molecular complexity index is 1400. The number of hydrogen-bond acceptors (Lipinski definition) is 5. The number of aromatic nitrogens is 2. The summed E-state index contributed by atoms with van der Waals surface area (Å²) in [7, 11) is 0. The molecule has 2 atom stereocenters. The van der Waals surface area contributed by atoms with Gasteiger partial charge in [0.1, 0.15) is 23.5 Å². The molecule has 1 aliphatic carbocycles. The third kappa shape index (κ3) is 4.88. The van der Waals surface area contributed by atoms with Crippen molar-refractivity contribution in [3.05, 3.63) is 69.9 Å². The zero-order valence-electron chi connectivity index (χ0n) is 20.8. The maximum Gasteiger partial charge on any atom is 0.307 e. The number of likely N-dealkylation sites (tertiary alicyclic amines) is 1. The summed E-state index contributed by atoms with van der Waals surface area (Å²) in [5.74, 6) is -0.465. The maximum absolute atomic E-state index is 12.2. The molecule has 2 aliphatic rings. The Morgan fingerprint density at radius 3 is 2.81 bits per heavy atom. The molecule has 1 aromatic heterocycles. The molecule has 194 valence electrons. The van der Waals surface area contributed by atoms with E-state index in [0.29, 0.717) is 50.0 Å². The fraction of sp³-hybridized carbons (Fsp3) is 0.393. The summed E-state index contributed by atoms with van der Waals surface area (Å²) in [4.78, 5) is 24.3. The van der Waals surface area contributed by atoms with E-state index in [1.54, 1.807) is 0 Å². The third-order valence-corrected chi connectivity index (χ3v) is 8.12. The molecular weight excluding hydrogens is 513 g/mol. The van der Waals surface area contributed by atoms with Crippen molar-refractivity contribution >= 4 is 46.4 Å². The molecule has 0 radical (unpaired) electrons. The van der Waals surface area contributed by atoms with Crippen LogP contribution < -0.4 is 4.74 Å². The van der Waals surface area contributed by atoms with Gasteiger partial charge in [-0.05, 0) is 79.8 Å². The molecule has 2 aromatic carbocycles. The average molecular weight is 542 g/mol. The van der Waals surface area contributed by atoms with E-state index < -0.39 is 10.8 Å². The standard InChI is InChI=1S/C28H29Cl2N3O4/c1-17(2)33-25-8-3-18(11-23(25)26(29)31-33)15-37-22-6-7-24-19(12-22)4-5-21(28(24,30)16-34)14-32-10-9-20(13-32)27(35)36/h3,5-8,11-12,16-17,20H,4,9-10,13-15H2,1-2H3,(H,35,36)/t20-,28?/m1/s1. The predicted molar refractivity (Wildman–Crippen MR) is 143 cm³/mol. The van der Waals surface area contributed by atoms with Crippen molar-refractivity contribution in [3.63, 3.8) is 0 Å². The van der Waals surface area contributed by atoms with Gasteiger partial charge in [-0.2, -0.15) is 5.10 Å². The summed E-state index contributed by atoms with van der Waals surface area (Å²) < 4.78 is 8.00. The highest BCUT2D eigenvalue weighted by Crippen LogP contribution is 2.42. The van der Waals surface area contributed by atoms with E-state index in [0.717, 1.165) is 39.5 Å². The Kier molecular flexibility index (Phi) is 7.05. The van der Waals surface area contributed by atoms with E-state index in [1.807, 2.05) is 47.2 Å². The van der Waals surface area contributed by atoms with Crippen LogP contribution >= 0.6 is 23.2 Å². The van der Waals surface area contributed by atoms with Crippen LogP contribution in [0.4, 0.5) is 0 Å². The number of ether oxygens (including phenoxy) is 1. The monoisotopic (exact) mass is 541 g/mol. The number of fused-ring (bicyclic) bond motifs is 2. The SMILES string of the molecule is CC(C)n1nc(Cl)c2cc(COc3ccc4c(c3)CC=C(CN3CC[C@@H](C(=O)O)C3)C4(Cl)C=O)ccc21. The van der Waals surface area contributed by atoms with Gasteiger partial charge in [-0.3, -0.25) is 14.4 Å². The molecule has 7 nitrogen and oxygen atoms in total. The molecule has 2 heterocycles. The lowest BCUT2D eigenvalue weighted by Gasteiger charge is -2.33. The number of rotatable bonds is 8. The van der Waals surface area contributed by atoms with E-state index in [1.165, 1.54) is 0 Å². The van der Waals surface area contributed by atoms with Crippen LogP contribution in [0.3, 0.4) is 0 Å². The van der Waals surface area contributed by atoms with Crippen LogP contribution in [0.2, 0.25) is 5.15 Å². The molecule has 0 saturated carbocycles. The van der Waals surface area contributed by atoms with Crippen LogP contribution in [0.15, 0.2) is 48.0 Å². The van der Waals surface area contributed by atoms with Gasteiger partial charge in [0.25, 0.3) is 0 Å². The lowest BCUT2D eigenvalue weighted by atomic mass is 9.81. The second kappa shape index (κ2) is 10.1. The van der Waals surface area contributed by atoms with Crippen molar-refractivity contribution in [1.82, 2.24) is 14.7 Å². The van der Waals surface area contributed by atoms with Gasteiger partial charge in [0.2, 0.25) is 0 Å². The normalized spacial score (nSPS) is 21.8. The number of hydrogen-bond donors (Lipinski definition) is 1. The molecule has 0 bridgehead atoms. The van der Waals surface area contributed by atoms with E-state index in [2.05, 4.69) is 23.8 Å². The van der Waals surface area contributed by atoms with Crippen LogP contribution in [0, 0.1) is 5.92 Å². The molecule has 5 rings (SSSR count). The third-order valence-electron chi connectivity index (χ3n) is 7.30. The van der Waals surface area contributed by atoms with Crippen molar-refractivity contribution in [2.45, 2.75) is 44.2 Å². The van der Waals surface area contributed by atoms with E-state index in [4.69, 9.17) is 27.9 Å². The van der Waals surface area contributed by atoms with Gasteiger partial charge in [0.15, 0.2) is 5.15 Å². The summed E-state index contributed by atoms with van der Waals surface area (Å²) in [5.41, 5.74) is 4.44. The van der Waals surface area contributed by atoms with Crippen molar-refractivity contribution in [2.75, 3.05) is 19.6 Å². The molecule has 1 fully saturated rings. The van der Waals surface area contributed by atoms with Gasteiger partial charge in [-0.25, -0.2) is 0 Å². The number of allylic oxidation sites excluding steroid dienone is 1. The molecule has 37 heavy (non-hydrogen) atoms. The first-order valence-electron chi connectivity index (χ1n) is 12.4. The van der Waals surface area contributed by atoms with Crippen LogP contribution in [0.25, 0.3) is 10.9 Å². The van der Waals surface area contributed by atoms with Gasteiger partial charge in [-0.1, -0.05) is 29.8 Å². The van der Waals surface area contributed by atoms with Crippen LogP contribution in [0.5, 0.6) is 5.75 Å². The average Bonchev–Trinajstić information content (AvgIpc) is 3.49. The van der Waals surface area contributed by atoms with Gasteiger partial charge < -0.3 is 14.6 Å². The number of carbonyl (C=O) groups is 2. The smallest absolute Gasteiger partial charge is 0.307 e. The number of aldehydes is 1. The second-order valence-electron chi connectivity index (χ2n) is 10.1. The quantitative estimate of drug-likeness (QED) is 0.234. The van der Waals surface area contributed by atoms with Gasteiger partial charge >= 0.3 is 5.97 Å². The zero-order chi connectivity index (χ0) is 26.3. The van der Waals surface area contributed by atoms with Crippen LogP contribution in [-0.2, 0) is 27.5 Å². The molecule has 1 unspecified atom stereocenters. The molecule has 0 amide bonds. The Labute approximate surface area is 225 Å². The Morgan fingerprint density at radius 2 is 2.11 bits per heavy atom. The topological polar surface area (TPSA) is 84.7 Å². The van der Waals surface area contributed by atoms with Crippen LogP contribution in [0.1, 0.15) is 43.0 Å². The van der Waals surface area contributed by atoms with E-state index in [9.17, 15) is 14.7 Å². The summed E-state index contributed by atoms with van der Waals surface area (Å²) >= 11 is 13.3. The van der Waals surface area contributed by atoms with Gasteiger partial charge in [-0.15, -0.1) is 11.6 Å². The first-order chi connectivity index (χ1) is 17.7. The van der Waals surface area contributed by atoms with Gasteiger partial charge in [0.05, 0.1) is 11.4 Å². The fourth-order valence-electron chi connectivity index (χ4n) is 5.28. The highest BCUT2D eigenvalue weighted by atomic mass is 35.5. The number of carbonyl (C=O) groups excluding carboxylic acids is 1. The second-order valence-corrected chi connectivity index (χ2v) is 11.1. The van der Waals surface area contributed by atoms with Crippen molar-refractivity contribution < 1.29 is 19.4 Å². The van der Waals surface area contributed by atoms with Crippen LogP contribution in [-0.4, -0.2) is 51.7 Å². The first kappa shape index (κ1) is 25.8. The lowest BCUT2D eigenvalue weighted by Crippen LogP contribution is -2.35. The Morgan fingerprint density at radius 1 is 1.30 bits per heavy atom. The molecule has 9 heteroatoms. The fourth-order valence-corrected chi connectivity index (χ4v) is 5.83. The number of carboxylic acids is 1. The lowest BCUT2D eigenvalue weighted by molar-refractivity contribution is -0.141. The highest BCUT2D eigenvalue weighted by Gasteiger charge is 2.40. The molecule has 0 spiro atoms. The zero-order valence-corrected chi connectivity index (χ0v) is 22.3. The van der Waals surface area contributed by atoms with Crippen molar-refractivity contribution in [2.24, 2.45) is 5.92 Å². The summed E-state index contributed by atoms with van der Waals surface area (Å²) in [5, 5.41) is 15.1. The number of benzene rings is 2. The molecule has 3 aromatic rings. The minimum absolute atomic E-state index is 0.208. The summed E-state index contributed by atoms with van der Waals surface area (Å²) in [6.07, 6.45) is 4.00. The highest BCUT2D eigenvalue weighted by molar-refractivity contribution is 6.34. The summed E-state index contributed by atoms with van der Waals surface area (Å²) in [6, 6.07) is 11.9. The van der Waals surface area contributed by atoms with Crippen molar-refractivity contribution in [1.29, 1.82) is 0 Å². The number of aliphatic carboxylic acids is 1. The summed E-state index contributed by atoms with van der Waals surface area (Å²) in [6.45, 7) is 6.10. The Hall–Kier alpha value is -2.87. The molecular formula is C28H29Cl2N3O4. The molecule has 1 aliphatic heterocycles. The van der Waals surface area contributed by atoms with Crippen molar-refractivity contribution in [3.8, 4) is 5.75 Å². The van der Waals surface area contributed by atoms with E-state index in [-0.39, 0.29) is 12.0 Å². The van der Waals surface area contributed by atoms with Gasteiger partial charge in [0, 0.05) is 24.5 Å². The number of alkyl halides is 1. The minimum atomic E-state index is -1.27. The maximum atomic E-state index is 12.2. The number of carboxylic acid groups (broad SMARTS) is 1. The minimum Gasteiger partial charge on any atom is -0.489 e. The number of nitrogens with zero attached hydrogens (tertiary/aromatic N) is 3. The van der Waals surface area contributed by atoms with E-state index >= 15 is 0 Å².